The quantitative estimate of drug-likeness (QED) is 0.761. The standard InChI is InChI=1S/C12H25NO2/c1-9(2)7-13(8-10(3)4)11(14)12(5,6)15/h9-10,15H,7-8H2,1-6H3. The van der Waals surface area contributed by atoms with E-state index in [1.54, 1.807) is 18.7 Å². The van der Waals surface area contributed by atoms with Gasteiger partial charge in [0.15, 0.2) is 0 Å². The molecular weight excluding hydrogens is 190 g/mol. The molecule has 0 aliphatic carbocycles. The maximum absolute atomic E-state index is 11.9. The summed E-state index contributed by atoms with van der Waals surface area (Å²) in [6.07, 6.45) is 0. The largest absolute Gasteiger partial charge is 0.381 e. The van der Waals surface area contributed by atoms with Gasteiger partial charge in [-0.3, -0.25) is 4.79 Å². The molecule has 90 valence electrons. The number of carbonyl (C=O) groups excluding carboxylic acids is 1. The molecule has 1 amide bonds. The predicted molar refractivity (Wildman–Crippen MR) is 62.6 cm³/mol. The molecule has 0 atom stereocenters. The minimum atomic E-state index is -1.26. The Labute approximate surface area is 93.5 Å². The first-order chi connectivity index (χ1) is 6.64. The van der Waals surface area contributed by atoms with E-state index < -0.39 is 5.60 Å². The van der Waals surface area contributed by atoms with Gasteiger partial charge in [-0.1, -0.05) is 27.7 Å². The lowest BCUT2D eigenvalue weighted by molar-refractivity contribution is -0.149. The fraction of sp³-hybridized carbons (Fsp3) is 0.917. The van der Waals surface area contributed by atoms with Crippen molar-refractivity contribution in [1.82, 2.24) is 4.90 Å². The third-order valence-electron chi connectivity index (χ3n) is 1.98. The summed E-state index contributed by atoms with van der Waals surface area (Å²) in [6.45, 7) is 12.8. The Balaban J connectivity index is 4.55. The molecule has 3 nitrogen and oxygen atoms in total. The van der Waals surface area contributed by atoms with Gasteiger partial charge in [0.1, 0.15) is 5.60 Å². The van der Waals surface area contributed by atoms with E-state index >= 15 is 0 Å². The van der Waals surface area contributed by atoms with Crippen molar-refractivity contribution in [3.05, 3.63) is 0 Å². The molecule has 0 heterocycles. The molecule has 0 radical (unpaired) electrons. The topological polar surface area (TPSA) is 40.5 Å². The SMILES string of the molecule is CC(C)CN(CC(C)C)C(=O)C(C)(C)O. The first kappa shape index (κ1) is 14.4. The average Bonchev–Trinajstić information content (AvgIpc) is 1.98. The van der Waals surface area contributed by atoms with E-state index in [9.17, 15) is 9.90 Å². The zero-order chi connectivity index (χ0) is 12.2. The highest BCUT2D eigenvalue weighted by molar-refractivity contribution is 5.84. The number of nitrogens with zero attached hydrogens (tertiary/aromatic N) is 1. The van der Waals surface area contributed by atoms with Crippen LogP contribution in [-0.2, 0) is 4.79 Å². The van der Waals surface area contributed by atoms with E-state index in [4.69, 9.17) is 0 Å². The van der Waals surface area contributed by atoms with Gasteiger partial charge in [0.2, 0.25) is 0 Å². The lowest BCUT2D eigenvalue weighted by Gasteiger charge is -2.31. The molecule has 3 heteroatoms. The van der Waals surface area contributed by atoms with Gasteiger partial charge in [0.25, 0.3) is 5.91 Å². The Bertz CT molecular complexity index is 194. The van der Waals surface area contributed by atoms with Gasteiger partial charge in [-0.15, -0.1) is 0 Å². The van der Waals surface area contributed by atoms with Crippen molar-refractivity contribution in [3.8, 4) is 0 Å². The van der Waals surface area contributed by atoms with Crippen LogP contribution < -0.4 is 0 Å². The summed E-state index contributed by atoms with van der Waals surface area (Å²) in [5.41, 5.74) is -1.26. The van der Waals surface area contributed by atoms with Gasteiger partial charge in [0, 0.05) is 13.1 Å². The predicted octanol–water partition coefficient (Wildman–Crippen LogP) is 1.90. The molecule has 0 saturated heterocycles. The van der Waals surface area contributed by atoms with Crippen LogP contribution in [0.4, 0.5) is 0 Å². The first-order valence-corrected chi connectivity index (χ1v) is 5.66. The van der Waals surface area contributed by atoms with Crippen LogP contribution in [0, 0.1) is 11.8 Å². The Morgan fingerprint density at radius 2 is 1.47 bits per heavy atom. The minimum Gasteiger partial charge on any atom is -0.381 e. The monoisotopic (exact) mass is 215 g/mol. The van der Waals surface area contributed by atoms with E-state index in [2.05, 4.69) is 27.7 Å². The fourth-order valence-electron chi connectivity index (χ4n) is 1.51. The molecule has 0 rings (SSSR count). The molecule has 0 unspecified atom stereocenters. The van der Waals surface area contributed by atoms with E-state index in [-0.39, 0.29) is 5.91 Å². The zero-order valence-corrected chi connectivity index (χ0v) is 10.9. The van der Waals surface area contributed by atoms with Crippen molar-refractivity contribution in [2.75, 3.05) is 13.1 Å². The van der Waals surface area contributed by atoms with Gasteiger partial charge >= 0.3 is 0 Å². The fourth-order valence-corrected chi connectivity index (χ4v) is 1.51. The van der Waals surface area contributed by atoms with Crippen LogP contribution in [0.3, 0.4) is 0 Å². The molecule has 0 aromatic heterocycles. The second-order valence-electron chi connectivity index (χ2n) is 5.56. The second-order valence-corrected chi connectivity index (χ2v) is 5.56. The van der Waals surface area contributed by atoms with Gasteiger partial charge in [-0.05, 0) is 25.7 Å². The van der Waals surface area contributed by atoms with Gasteiger partial charge in [-0.2, -0.15) is 0 Å². The summed E-state index contributed by atoms with van der Waals surface area (Å²) in [5, 5.41) is 9.69. The number of carbonyl (C=O) groups is 1. The van der Waals surface area contributed by atoms with Crippen molar-refractivity contribution < 1.29 is 9.90 Å². The van der Waals surface area contributed by atoms with Crippen molar-refractivity contribution in [3.63, 3.8) is 0 Å². The highest BCUT2D eigenvalue weighted by atomic mass is 16.3. The molecule has 0 fully saturated rings. The van der Waals surface area contributed by atoms with Crippen LogP contribution in [-0.4, -0.2) is 34.6 Å². The lowest BCUT2D eigenvalue weighted by Crippen LogP contribution is -2.47. The van der Waals surface area contributed by atoms with Gasteiger partial charge in [-0.25, -0.2) is 0 Å². The van der Waals surface area contributed by atoms with E-state index in [0.29, 0.717) is 24.9 Å². The Kier molecular flexibility index (Phi) is 5.29. The molecule has 0 aliphatic rings. The summed E-state index contributed by atoms with van der Waals surface area (Å²) < 4.78 is 0. The average molecular weight is 215 g/mol. The number of hydrogen-bond donors (Lipinski definition) is 1. The number of aliphatic hydroxyl groups is 1. The van der Waals surface area contributed by atoms with Gasteiger partial charge < -0.3 is 10.0 Å². The highest BCUT2D eigenvalue weighted by Crippen LogP contribution is 2.11. The van der Waals surface area contributed by atoms with Crippen molar-refractivity contribution in [1.29, 1.82) is 0 Å². The summed E-state index contributed by atoms with van der Waals surface area (Å²) in [7, 11) is 0. The molecule has 0 bridgehead atoms. The summed E-state index contributed by atoms with van der Waals surface area (Å²) in [4.78, 5) is 13.7. The zero-order valence-electron chi connectivity index (χ0n) is 10.9. The van der Waals surface area contributed by atoms with Crippen LogP contribution in [0.5, 0.6) is 0 Å². The Morgan fingerprint density at radius 1 is 1.13 bits per heavy atom. The Hall–Kier alpha value is -0.570. The van der Waals surface area contributed by atoms with E-state index in [1.165, 1.54) is 0 Å². The summed E-state index contributed by atoms with van der Waals surface area (Å²) >= 11 is 0. The van der Waals surface area contributed by atoms with Crippen LogP contribution in [0.2, 0.25) is 0 Å². The van der Waals surface area contributed by atoms with Crippen LogP contribution in [0.25, 0.3) is 0 Å². The second kappa shape index (κ2) is 5.50. The smallest absolute Gasteiger partial charge is 0.253 e. The minimum absolute atomic E-state index is 0.176. The molecule has 0 saturated carbocycles. The van der Waals surface area contributed by atoms with Crippen LogP contribution >= 0.6 is 0 Å². The van der Waals surface area contributed by atoms with Crippen LogP contribution in [0.1, 0.15) is 41.5 Å². The third-order valence-corrected chi connectivity index (χ3v) is 1.98. The normalized spacial score (nSPS) is 12.3. The molecule has 0 spiro atoms. The maximum atomic E-state index is 11.9. The number of rotatable bonds is 5. The van der Waals surface area contributed by atoms with Crippen molar-refractivity contribution in [2.24, 2.45) is 11.8 Å². The molecule has 1 N–H and O–H groups in total. The number of amides is 1. The van der Waals surface area contributed by atoms with Crippen molar-refractivity contribution >= 4 is 5.91 Å². The highest BCUT2D eigenvalue weighted by Gasteiger charge is 2.29. The Morgan fingerprint density at radius 3 is 1.67 bits per heavy atom. The summed E-state index contributed by atoms with van der Waals surface area (Å²) in [5.74, 6) is 0.676. The molecular formula is C12H25NO2. The first-order valence-electron chi connectivity index (χ1n) is 5.66. The van der Waals surface area contributed by atoms with Crippen LogP contribution in [0.15, 0.2) is 0 Å². The summed E-state index contributed by atoms with van der Waals surface area (Å²) in [6, 6.07) is 0. The molecule has 15 heavy (non-hydrogen) atoms. The maximum Gasteiger partial charge on any atom is 0.253 e. The molecule has 0 aromatic rings. The third kappa shape index (κ3) is 5.78. The van der Waals surface area contributed by atoms with Crippen molar-refractivity contribution in [2.45, 2.75) is 47.1 Å². The molecule has 0 aromatic carbocycles. The number of hydrogen-bond acceptors (Lipinski definition) is 2. The van der Waals surface area contributed by atoms with E-state index in [1.807, 2.05) is 0 Å². The van der Waals surface area contributed by atoms with Gasteiger partial charge in [0.05, 0.1) is 0 Å². The molecule has 0 aliphatic heterocycles. The lowest BCUT2D eigenvalue weighted by atomic mass is 10.1. The van der Waals surface area contributed by atoms with E-state index in [0.717, 1.165) is 0 Å².